The van der Waals surface area contributed by atoms with Crippen molar-refractivity contribution in [2.75, 3.05) is 6.54 Å². The molecule has 29 heavy (non-hydrogen) atoms. The lowest BCUT2D eigenvalue weighted by molar-refractivity contribution is 0.0730. The summed E-state index contributed by atoms with van der Waals surface area (Å²) in [7, 11) is 1.79. The Labute approximate surface area is 173 Å². The van der Waals surface area contributed by atoms with Crippen molar-refractivity contribution in [3.05, 3.63) is 52.7 Å². The van der Waals surface area contributed by atoms with Gasteiger partial charge in [0.1, 0.15) is 5.15 Å². The number of carbonyl (C=O) groups excluding carboxylic acids is 1. The van der Waals surface area contributed by atoms with Gasteiger partial charge in [0, 0.05) is 38.0 Å². The van der Waals surface area contributed by atoms with E-state index in [4.69, 9.17) is 21.3 Å². The van der Waals surface area contributed by atoms with Crippen LogP contribution in [0.5, 0.6) is 5.88 Å². The molecule has 4 rings (SSSR count). The molecule has 0 atom stereocenters. The van der Waals surface area contributed by atoms with Gasteiger partial charge in [0.15, 0.2) is 5.82 Å². The minimum Gasteiger partial charge on any atom is -0.475 e. The molecule has 0 bridgehead atoms. The Morgan fingerprint density at radius 3 is 2.72 bits per heavy atom. The van der Waals surface area contributed by atoms with Crippen LogP contribution in [-0.4, -0.2) is 48.2 Å². The zero-order valence-electron chi connectivity index (χ0n) is 16.5. The van der Waals surface area contributed by atoms with Gasteiger partial charge in [-0.3, -0.25) is 9.48 Å². The highest BCUT2D eigenvalue weighted by atomic mass is 35.5. The third-order valence-electron chi connectivity index (χ3n) is 4.59. The first-order valence-corrected chi connectivity index (χ1v) is 9.75. The first kappa shape index (κ1) is 19.3. The molecule has 0 spiro atoms. The molecule has 0 N–H and O–H groups in total. The van der Waals surface area contributed by atoms with E-state index in [1.807, 2.05) is 19.9 Å². The van der Waals surface area contributed by atoms with Gasteiger partial charge in [0.2, 0.25) is 5.88 Å². The van der Waals surface area contributed by atoms with Gasteiger partial charge >= 0.3 is 0 Å². The minimum absolute atomic E-state index is 0.0606. The van der Waals surface area contributed by atoms with Crippen LogP contribution in [0.2, 0.25) is 5.15 Å². The molecule has 0 saturated carbocycles. The van der Waals surface area contributed by atoms with E-state index in [1.54, 1.807) is 41.3 Å². The molecule has 4 heterocycles. The van der Waals surface area contributed by atoms with Gasteiger partial charge in [-0.15, -0.1) is 0 Å². The lowest BCUT2D eigenvalue weighted by atomic mass is 10.1. The number of carbonyl (C=O) groups is 1. The highest BCUT2D eigenvalue weighted by Crippen LogP contribution is 2.30. The number of amides is 1. The van der Waals surface area contributed by atoms with Crippen molar-refractivity contribution >= 4 is 17.5 Å². The lowest BCUT2D eigenvalue weighted by Gasteiger charge is -2.29. The summed E-state index contributed by atoms with van der Waals surface area (Å²) >= 11 is 5.89. The summed E-state index contributed by atoms with van der Waals surface area (Å²) in [4.78, 5) is 28.1. The van der Waals surface area contributed by atoms with Crippen molar-refractivity contribution in [2.24, 2.45) is 7.05 Å². The molecule has 0 unspecified atom stereocenters. The van der Waals surface area contributed by atoms with E-state index in [0.29, 0.717) is 41.9 Å². The fourth-order valence-corrected chi connectivity index (χ4v) is 3.34. The Morgan fingerprint density at radius 1 is 1.24 bits per heavy atom. The Hall–Kier alpha value is -3.00. The number of pyridine rings is 1. The zero-order chi connectivity index (χ0) is 20.5. The molecule has 9 heteroatoms. The minimum atomic E-state index is -0.0646. The van der Waals surface area contributed by atoms with Gasteiger partial charge in [-0.05, 0) is 26.0 Å². The first-order chi connectivity index (χ1) is 13.9. The normalized spacial score (nSPS) is 13.5. The molecule has 1 aliphatic rings. The third kappa shape index (κ3) is 4.07. The van der Waals surface area contributed by atoms with Crippen LogP contribution < -0.4 is 4.74 Å². The lowest BCUT2D eigenvalue weighted by Crippen LogP contribution is -2.37. The third-order valence-corrected chi connectivity index (χ3v) is 4.82. The second-order valence-corrected chi connectivity index (χ2v) is 7.58. The number of ether oxygens (including phenoxy) is 1. The summed E-state index contributed by atoms with van der Waals surface area (Å²) in [5.74, 6) is 0.972. The van der Waals surface area contributed by atoms with Gasteiger partial charge in [0.05, 0.1) is 35.7 Å². The number of aromatic nitrogens is 5. The number of hydrogen-bond acceptors (Lipinski definition) is 6. The van der Waals surface area contributed by atoms with Crippen LogP contribution in [0.25, 0.3) is 11.4 Å². The van der Waals surface area contributed by atoms with Gasteiger partial charge in [-0.25, -0.2) is 9.97 Å². The first-order valence-electron chi connectivity index (χ1n) is 9.37. The van der Waals surface area contributed by atoms with E-state index in [9.17, 15) is 4.79 Å². The number of hydrogen-bond donors (Lipinski definition) is 0. The average molecular weight is 413 g/mol. The molecule has 1 amide bonds. The molecule has 3 aromatic heterocycles. The summed E-state index contributed by atoms with van der Waals surface area (Å²) in [5, 5.41) is 4.50. The summed E-state index contributed by atoms with van der Waals surface area (Å²) < 4.78 is 7.60. The van der Waals surface area contributed by atoms with Crippen molar-refractivity contribution in [1.29, 1.82) is 0 Å². The highest BCUT2D eigenvalue weighted by molar-refractivity contribution is 6.29. The number of aryl methyl sites for hydroxylation is 1. The van der Waals surface area contributed by atoms with Crippen molar-refractivity contribution in [2.45, 2.75) is 32.9 Å². The SMILES string of the molecule is CC(C)Oc1nc(-c2ccc(Cl)nc2)nc2c1CN(C(=O)c1cnn(C)c1)CC2. The predicted molar refractivity (Wildman–Crippen MR) is 108 cm³/mol. The van der Waals surface area contributed by atoms with Gasteiger partial charge < -0.3 is 9.64 Å². The van der Waals surface area contributed by atoms with E-state index < -0.39 is 0 Å². The van der Waals surface area contributed by atoms with Crippen LogP contribution >= 0.6 is 11.6 Å². The molecule has 8 nitrogen and oxygen atoms in total. The van der Waals surface area contributed by atoms with Crippen LogP contribution in [0, 0.1) is 0 Å². The second kappa shape index (κ2) is 7.79. The van der Waals surface area contributed by atoms with E-state index in [1.165, 1.54) is 0 Å². The molecule has 0 aliphatic carbocycles. The van der Waals surface area contributed by atoms with Crippen LogP contribution in [0.4, 0.5) is 0 Å². The standard InChI is InChI=1S/C20H21ClN6O2/c1-12(2)29-19-15-11-27(20(28)14-9-23-26(3)10-14)7-6-16(15)24-18(25-19)13-4-5-17(21)22-8-13/h4-5,8-10,12H,6-7,11H2,1-3H3. The second-order valence-electron chi connectivity index (χ2n) is 7.19. The number of halogens is 1. The highest BCUT2D eigenvalue weighted by Gasteiger charge is 2.28. The average Bonchev–Trinajstić information content (AvgIpc) is 3.13. The Balaban J connectivity index is 1.69. The van der Waals surface area contributed by atoms with E-state index in [-0.39, 0.29) is 12.0 Å². The number of nitrogens with zero attached hydrogens (tertiary/aromatic N) is 6. The van der Waals surface area contributed by atoms with Crippen LogP contribution in [0.15, 0.2) is 30.7 Å². The van der Waals surface area contributed by atoms with E-state index in [0.717, 1.165) is 16.8 Å². The fourth-order valence-electron chi connectivity index (χ4n) is 3.23. The van der Waals surface area contributed by atoms with Crippen LogP contribution in [-0.2, 0) is 20.0 Å². The van der Waals surface area contributed by atoms with Crippen molar-refractivity contribution in [3.63, 3.8) is 0 Å². The number of rotatable bonds is 4. The molecule has 0 fully saturated rings. The van der Waals surface area contributed by atoms with Crippen molar-refractivity contribution in [1.82, 2.24) is 29.6 Å². The molecule has 0 radical (unpaired) electrons. The molecular weight excluding hydrogens is 392 g/mol. The molecule has 1 aliphatic heterocycles. The summed E-state index contributed by atoms with van der Waals surface area (Å²) in [5.41, 5.74) is 3.05. The van der Waals surface area contributed by atoms with E-state index >= 15 is 0 Å². The van der Waals surface area contributed by atoms with Gasteiger partial charge in [-0.2, -0.15) is 10.1 Å². The molecule has 150 valence electrons. The van der Waals surface area contributed by atoms with Crippen molar-refractivity contribution in [3.8, 4) is 17.3 Å². The Bertz CT molecular complexity index is 1050. The maximum atomic E-state index is 12.8. The summed E-state index contributed by atoms with van der Waals surface area (Å²) in [6, 6.07) is 3.54. The molecule has 0 aromatic carbocycles. The quantitative estimate of drug-likeness (QED) is 0.612. The maximum Gasteiger partial charge on any atom is 0.257 e. The monoisotopic (exact) mass is 412 g/mol. The molecule has 3 aromatic rings. The Kier molecular flexibility index (Phi) is 5.19. The van der Waals surface area contributed by atoms with Crippen molar-refractivity contribution < 1.29 is 9.53 Å². The smallest absolute Gasteiger partial charge is 0.257 e. The topological polar surface area (TPSA) is 86.0 Å². The molecule has 0 saturated heterocycles. The Morgan fingerprint density at radius 2 is 2.07 bits per heavy atom. The summed E-state index contributed by atoms with van der Waals surface area (Å²) in [6.45, 7) is 4.85. The van der Waals surface area contributed by atoms with Crippen LogP contribution in [0.3, 0.4) is 0 Å². The predicted octanol–water partition coefficient (Wildman–Crippen LogP) is 2.91. The summed E-state index contributed by atoms with van der Waals surface area (Å²) in [6.07, 6.45) is 5.50. The van der Waals surface area contributed by atoms with Gasteiger partial charge in [-0.1, -0.05) is 11.6 Å². The maximum absolute atomic E-state index is 12.8. The van der Waals surface area contributed by atoms with Crippen LogP contribution in [0.1, 0.15) is 35.5 Å². The molecular formula is C20H21ClN6O2. The van der Waals surface area contributed by atoms with E-state index in [2.05, 4.69) is 15.1 Å². The number of fused-ring (bicyclic) bond motifs is 1. The van der Waals surface area contributed by atoms with Gasteiger partial charge in [0.25, 0.3) is 5.91 Å². The fraction of sp³-hybridized carbons (Fsp3) is 0.350. The zero-order valence-corrected chi connectivity index (χ0v) is 17.2. The largest absolute Gasteiger partial charge is 0.475 e.